The number of nitrogens with zero attached hydrogens (tertiary/aromatic N) is 3. The predicted octanol–water partition coefficient (Wildman–Crippen LogP) is 4.99. The highest BCUT2D eigenvalue weighted by Crippen LogP contribution is 2.46. The topological polar surface area (TPSA) is 72.8 Å². The number of carbonyl (C=O) groups is 1. The summed E-state index contributed by atoms with van der Waals surface area (Å²) in [5, 5.41) is 16.7. The van der Waals surface area contributed by atoms with Gasteiger partial charge in [-0.1, -0.05) is 18.2 Å². The van der Waals surface area contributed by atoms with Crippen molar-refractivity contribution in [3.8, 4) is 17.3 Å². The molecule has 1 amide bonds. The summed E-state index contributed by atoms with van der Waals surface area (Å²) in [6.07, 6.45) is 2.43. The third-order valence-electron chi connectivity index (χ3n) is 6.72. The number of H-pyrrole nitrogens is 1. The molecule has 5 nitrogen and oxygen atoms in total. The lowest BCUT2D eigenvalue weighted by molar-refractivity contribution is 0.0601. The van der Waals surface area contributed by atoms with Crippen LogP contribution in [0, 0.1) is 32.1 Å². The molecule has 1 aliphatic heterocycles. The van der Waals surface area contributed by atoms with Crippen molar-refractivity contribution >= 4 is 5.91 Å². The second-order valence-corrected chi connectivity index (χ2v) is 9.01. The molecule has 2 aliphatic rings. The smallest absolute Gasteiger partial charge is 0.254 e. The lowest BCUT2D eigenvalue weighted by Crippen LogP contribution is -2.48. The summed E-state index contributed by atoms with van der Waals surface area (Å²) in [6, 6.07) is 14.0. The standard InChI is InChI=1S/C26H26N4O/c1-15-10-16(2)23(11-22(15)25-24(20-8-9-20)17(3)28-29-25)26(31)30-13-21(14-30)19-6-4-18(12-27)5-7-19/h4-7,10-11,20-21H,8-9,13-14H2,1-3H3,(H,28,29). The van der Waals surface area contributed by atoms with Crippen molar-refractivity contribution in [3.63, 3.8) is 0 Å². The second-order valence-electron chi connectivity index (χ2n) is 9.01. The molecule has 0 bridgehead atoms. The Morgan fingerprint density at radius 1 is 1.06 bits per heavy atom. The Bertz CT molecular complexity index is 1210. The number of aromatic nitrogens is 2. The Morgan fingerprint density at radius 2 is 1.77 bits per heavy atom. The molecule has 2 heterocycles. The zero-order valence-electron chi connectivity index (χ0n) is 18.2. The molecule has 2 aromatic carbocycles. The van der Waals surface area contributed by atoms with Gasteiger partial charge < -0.3 is 4.90 Å². The van der Waals surface area contributed by atoms with Crippen LogP contribution in [-0.2, 0) is 0 Å². The Balaban J connectivity index is 1.39. The number of benzene rings is 2. The van der Waals surface area contributed by atoms with E-state index in [1.165, 1.54) is 24.0 Å². The van der Waals surface area contributed by atoms with Gasteiger partial charge in [0.15, 0.2) is 0 Å². The normalized spacial score (nSPS) is 16.1. The van der Waals surface area contributed by atoms with Crippen LogP contribution in [0.15, 0.2) is 36.4 Å². The van der Waals surface area contributed by atoms with E-state index in [9.17, 15) is 4.79 Å². The molecule has 1 N–H and O–H groups in total. The van der Waals surface area contributed by atoms with Gasteiger partial charge in [-0.15, -0.1) is 0 Å². The lowest BCUT2D eigenvalue weighted by atomic mass is 9.89. The quantitative estimate of drug-likeness (QED) is 0.658. The fraction of sp³-hybridized carbons (Fsp3) is 0.346. The summed E-state index contributed by atoms with van der Waals surface area (Å²) in [5.74, 6) is 1.01. The fourth-order valence-corrected chi connectivity index (χ4v) is 4.71. The van der Waals surface area contributed by atoms with Crippen LogP contribution in [0.5, 0.6) is 0 Å². The SMILES string of the molecule is Cc1cc(C)c(-c2n[nH]c(C)c2C2CC2)cc1C(=O)N1CC(c2ccc(C#N)cc2)C1. The summed E-state index contributed by atoms with van der Waals surface area (Å²) in [7, 11) is 0. The van der Waals surface area contributed by atoms with Crippen LogP contribution in [0.1, 0.15) is 68.5 Å². The van der Waals surface area contributed by atoms with Crippen molar-refractivity contribution in [1.29, 1.82) is 5.26 Å². The molecule has 0 spiro atoms. The largest absolute Gasteiger partial charge is 0.337 e. The maximum atomic E-state index is 13.3. The van der Waals surface area contributed by atoms with Gasteiger partial charge in [-0.3, -0.25) is 9.89 Å². The minimum atomic E-state index is 0.0869. The number of nitriles is 1. The first-order valence-corrected chi connectivity index (χ1v) is 10.9. The molecule has 1 saturated carbocycles. The second kappa shape index (κ2) is 7.39. The van der Waals surface area contributed by atoms with Crippen molar-refractivity contribution in [1.82, 2.24) is 15.1 Å². The molecular weight excluding hydrogens is 384 g/mol. The molecule has 5 rings (SSSR count). The average molecular weight is 411 g/mol. The molecule has 1 aromatic heterocycles. The molecular formula is C26H26N4O. The van der Waals surface area contributed by atoms with E-state index >= 15 is 0 Å². The first-order valence-electron chi connectivity index (χ1n) is 10.9. The van der Waals surface area contributed by atoms with Crippen LogP contribution < -0.4 is 0 Å². The van der Waals surface area contributed by atoms with Gasteiger partial charge in [-0.2, -0.15) is 10.4 Å². The molecule has 0 unspecified atom stereocenters. The third-order valence-corrected chi connectivity index (χ3v) is 6.72. The van der Waals surface area contributed by atoms with Crippen LogP contribution in [0.4, 0.5) is 0 Å². The van der Waals surface area contributed by atoms with Gasteiger partial charge >= 0.3 is 0 Å². The Labute approximate surface area is 182 Å². The van der Waals surface area contributed by atoms with E-state index in [2.05, 4.69) is 36.2 Å². The van der Waals surface area contributed by atoms with Crippen LogP contribution in [0.3, 0.4) is 0 Å². The van der Waals surface area contributed by atoms with Crippen molar-refractivity contribution in [3.05, 3.63) is 75.5 Å². The van der Waals surface area contributed by atoms with E-state index in [1.807, 2.05) is 42.2 Å². The van der Waals surface area contributed by atoms with Crippen molar-refractivity contribution in [2.75, 3.05) is 13.1 Å². The highest BCUT2D eigenvalue weighted by Gasteiger charge is 2.34. The molecule has 31 heavy (non-hydrogen) atoms. The van der Waals surface area contributed by atoms with Gasteiger partial charge in [0.05, 0.1) is 17.3 Å². The van der Waals surface area contributed by atoms with Crippen LogP contribution in [0.25, 0.3) is 11.3 Å². The van der Waals surface area contributed by atoms with Gasteiger partial charge in [0.25, 0.3) is 5.91 Å². The molecule has 5 heteroatoms. The number of hydrogen-bond donors (Lipinski definition) is 1. The average Bonchev–Trinajstić information content (AvgIpc) is 3.49. The molecule has 2 fully saturated rings. The van der Waals surface area contributed by atoms with Gasteiger partial charge in [0, 0.05) is 41.4 Å². The number of rotatable bonds is 4. The van der Waals surface area contributed by atoms with E-state index in [-0.39, 0.29) is 5.91 Å². The summed E-state index contributed by atoms with van der Waals surface area (Å²) in [5.41, 5.74) is 9.29. The number of aryl methyl sites for hydroxylation is 3. The summed E-state index contributed by atoms with van der Waals surface area (Å²) < 4.78 is 0. The number of amides is 1. The van der Waals surface area contributed by atoms with E-state index < -0.39 is 0 Å². The maximum Gasteiger partial charge on any atom is 0.254 e. The first-order chi connectivity index (χ1) is 15.0. The lowest BCUT2D eigenvalue weighted by Gasteiger charge is -2.40. The van der Waals surface area contributed by atoms with Gasteiger partial charge in [0.2, 0.25) is 0 Å². The molecule has 3 aromatic rings. The molecule has 0 atom stereocenters. The Morgan fingerprint density at radius 3 is 2.42 bits per heavy atom. The van der Waals surface area contributed by atoms with Crippen LogP contribution >= 0.6 is 0 Å². The molecule has 156 valence electrons. The molecule has 0 radical (unpaired) electrons. The predicted molar refractivity (Wildman–Crippen MR) is 120 cm³/mol. The highest BCUT2D eigenvalue weighted by molar-refractivity contribution is 5.98. The van der Waals surface area contributed by atoms with Crippen molar-refractivity contribution in [2.24, 2.45) is 0 Å². The zero-order valence-corrected chi connectivity index (χ0v) is 18.2. The number of aromatic amines is 1. The van der Waals surface area contributed by atoms with E-state index in [0.717, 1.165) is 33.6 Å². The van der Waals surface area contributed by atoms with Crippen LogP contribution in [-0.4, -0.2) is 34.1 Å². The third kappa shape index (κ3) is 3.42. The Hall–Kier alpha value is -3.39. The number of likely N-dealkylation sites (tertiary alicyclic amines) is 1. The van der Waals surface area contributed by atoms with Gasteiger partial charge in [0.1, 0.15) is 0 Å². The van der Waals surface area contributed by atoms with Crippen LogP contribution in [0.2, 0.25) is 0 Å². The van der Waals surface area contributed by atoms with E-state index in [1.54, 1.807) is 0 Å². The summed E-state index contributed by atoms with van der Waals surface area (Å²) in [4.78, 5) is 15.2. The summed E-state index contributed by atoms with van der Waals surface area (Å²) >= 11 is 0. The van der Waals surface area contributed by atoms with Gasteiger partial charge in [-0.25, -0.2) is 0 Å². The van der Waals surface area contributed by atoms with Crippen molar-refractivity contribution in [2.45, 2.75) is 45.4 Å². The summed E-state index contributed by atoms with van der Waals surface area (Å²) in [6.45, 7) is 7.62. The minimum Gasteiger partial charge on any atom is -0.337 e. The molecule has 1 saturated heterocycles. The van der Waals surface area contributed by atoms with E-state index in [4.69, 9.17) is 5.26 Å². The zero-order chi connectivity index (χ0) is 21.7. The number of nitrogens with one attached hydrogen (secondary N) is 1. The van der Waals surface area contributed by atoms with Crippen molar-refractivity contribution < 1.29 is 4.79 Å². The monoisotopic (exact) mass is 410 g/mol. The number of hydrogen-bond acceptors (Lipinski definition) is 3. The minimum absolute atomic E-state index is 0.0869. The van der Waals surface area contributed by atoms with E-state index in [0.29, 0.717) is 30.5 Å². The first kappa shape index (κ1) is 19.6. The maximum absolute atomic E-state index is 13.3. The fourth-order valence-electron chi connectivity index (χ4n) is 4.71. The molecule has 1 aliphatic carbocycles. The number of carbonyl (C=O) groups excluding carboxylic acids is 1. The Kier molecular flexibility index (Phi) is 4.66. The highest BCUT2D eigenvalue weighted by atomic mass is 16.2. The van der Waals surface area contributed by atoms with Gasteiger partial charge in [-0.05, 0) is 74.4 Å².